The van der Waals surface area contributed by atoms with Gasteiger partial charge in [0.2, 0.25) is 5.91 Å². The van der Waals surface area contributed by atoms with Crippen LogP contribution in [-0.4, -0.2) is 30.4 Å². The third-order valence-corrected chi connectivity index (χ3v) is 1.19. The Morgan fingerprint density at radius 1 is 2.00 bits per heavy atom. The van der Waals surface area contributed by atoms with Crippen LogP contribution in [0.3, 0.4) is 0 Å². The number of carbonyl (C=O) groups is 1. The molecule has 2 atom stereocenters. The van der Waals surface area contributed by atoms with E-state index in [1.54, 1.807) is 0 Å². The van der Waals surface area contributed by atoms with Crippen LogP contribution in [0, 0.1) is 0 Å². The third kappa shape index (κ3) is 0.718. The highest BCUT2D eigenvalue weighted by molar-refractivity contribution is 5.82. The monoisotopic (exact) mass is 100 g/mol. The van der Waals surface area contributed by atoms with Crippen molar-refractivity contribution in [1.29, 1.82) is 0 Å². The van der Waals surface area contributed by atoms with Crippen LogP contribution in [0.4, 0.5) is 0 Å². The quantitative estimate of drug-likeness (QED) is 0.420. The molecule has 1 unspecified atom stereocenters. The van der Waals surface area contributed by atoms with E-state index in [-0.39, 0.29) is 11.9 Å². The minimum Gasteiger partial charge on any atom is -0.368 e. The molecule has 1 saturated heterocycles. The summed E-state index contributed by atoms with van der Waals surface area (Å²) in [6.45, 7) is 0.843. The van der Waals surface area contributed by atoms with Crippen molar-refractivity contribution in [3.05, 3.63) is 0 Å². The van der Waals surface area contributed by atoms with Crippen LogP contribution in [0.5, 0.6) is 0 Å². The van der Waals surface area contributed by atoms with Gasteiger partial charge in [0.1, 0.15) is 6.04 Å². The van der Waals surface area contributed by atoms with Gasteiger partial charge in [-0.15, -0.1) is 0 Å². The summed E-state index contributed by atoms with van der Waals surface area (Å²) in [7, 11) is 1.87. The Morgan fingerprint density at radius 3 is 2.43 bits per heavy atom. The molecule has 0 aliphatic carbocycles. The van der Waals surface area contributed by atoms with Crippen molar-refractivity contribution in [2.75, 3.05) is 13.6 Å². The standard InChI is InChI=1S/C4H8N2O/c1-6-2-3(6)4(5)7/h3H,2H2,1H3,(H2,5,7)/t3-,6?/m0/s1. The second kappa shape index (κ2) is 1.20. The maximum Gasteiger partial charge on any atom is 0.236 e. The largest absolute Gasteiger partial charge is 0.368 e. The first-order chi connectivity index (χ1) is 3.22. The lowest BCUT2D eigenvalue weighted by molar-refractivity contribution is -0.118. The van der Waals surface area contributed by atoms with Crippen LogP contribution < -0.4 is 5.73 Å². The first-order valence-electron chi connectivity index (χ1n) is 2.21. The number of amides is 1. The normalized spacial score (nSPS) is 37.9. The topological polar surface area (TPSA) is 46.1 Å². The van der Waals surface area contributed by atoms with E-state index in [1.807, 2.05) is 11.9 Å². The van der Waals surface area contributed by atoms with E-state index in [2.05, 4.69) is 0 Å². The number of hydrogen-bond acceptors (Lipinski definition) is 2. The molecule has 0 bridgehead atoms. The average Bonchev–Trinajstić information content (AvgIpc) is 2.17. The summed E-state index contributed by atoms with van der Waals surface area (Å²) in [5.74, 6) is -0.206. The summed E-state index contributed by atoms with van der Waals surface area (Å²) >= 11 is 0. The Morgan fingerprint density at radius 2 is 2.43 bits per heavy atom. The molecule has 1 aliphatic rings. The molecule has 40 valence electrons. The van der Waals surface area contributed by atoms with Crippen molar-refractivity contribution in [3.8, 4) is 0 Å². The van der Waals surface area contributed by atoms with Crippen molar-refractivity contribution in [2.45, 2.75) is 6.04 Å². The molecule has 0 spiro atoms. The molecular weight excluding hydrogens is 92.1 g/mol. The molecule has 0 aromatic rings. The Labute approximate surface area is 42.1 Å². The van der Waals surface area contributed by atoms with Gasteiger partial charge in [0.05, 0.1) is 0 Å². The fraction of sp³-hybridized carbons (Fsp3) is 0.750. The molecule has 1 amide bonds. The van der Waals surface area contributed by atoms with Crippen LogP contribution in [0.1, 0.15) is 0 Å². The molecule has 7 heavy (non-hydrogen) atoms. The van der Waals surface area contributed by atoms with Crippen LogP contribution in [-0.2, 0) is 4.79 Å². The number of primary amides is 1. The molecule has 0 radical (unpaired) electrons. The number of likely N-dealkylation sites (N-methyl/N-ethyl adjacent to an activating group) is 1. The minimum absolute atomic E-state index is 0.0417. The summed E-state index contributed by atoms with van der Waals surface area (Å²) in [6, 6.07) is 0.0417. The van der Waals surface area contributed by atoms with Gasteiger partial charge in [-0.25, -0.2) is 0 Å². The van der Waals surface area contributed by atoms with Crippen molar-refractivity contribution in [1.82, 2.24) is 4.90 Å². The van der Waals surface area contributed by atoms with Gasteiger partial charge in [-0.3, -0.25) is 9.69 Å². The van der Waals surface area contributed by atoms with Gasteiger partial charge in [-0.05, 0) is 7.05 Å². The summed E-state index contributed by atoms with van der Waals surface area (Å²) in [5.41, 5.74) is 4.91. The molecule has 3 nitrogen and oxygen atoms in total. The van der Waals surface area contributed by atoms with E-state index < -0.39 is 0 Å². The minimum atomic E-state index is -0.206. The maximum absolute atomic E-state index is 10.2. The number of hydrogen-bond donors (Lipinski definition) is 1. The van der Waals surface area contributed by atoms with Crippen molar-refractivity contribution in [2.24, 2.45) is 5.73 Å². The van der Waals surface area contributed by atoms with E-state index in [0.717, 1.165) is 6.54 Å². The Kier molecular flexibility index (Phi) is 0.785. The highest BCUT2D eigenvalue weighted by atomic mass is 16.1. The second-order valence-electron chi connectivity index (χ2n) is 1.86. The summed E-state index contributed by atoms with van der Waals surface area (Å²) in [4.78, 5) is 12.0. The molecule has 1 fully saturated rings. The molecule has 0 aromatic heterocycles. The predicted octanol–water partition coefficient (Wildman–Crippen LogP) is -1.21. The van der Waals surface area contributed by atoms with Gasteiger partial charge in [-0.1, -0.05) is 0 Å². The van der Waals surface area contributed by atoms with Crippen molar-refractivity contribution < 1.29 is 4.79 Å². The van der Waals surface area contributed by atoms with Crippen LogP contribution in [0.25, 0.3) is 0 Å². The van der Waals surface area contributed by atoms with E-state index in [9.17, 15) is 4.79 Å². The lowest BCUT2D eigenvalue weighted by Gasteiger charge is -1.84. The van der Waals surface area contributed by atoms with Crippen LogP contribution in [0.15, 0.2) is 0 Å². The lowest BCUT2D eigenvalue weighted by atomic mass is 10.5. The van der Waals surface area contributed by atoms with E-state index in [0.29, 0.717) is 0 Å². The number of nitrogens with zero attached hydrogens (tertiary/aromatic N) is 1. The van der Waals surface area contributed by atoms with Crippen LogP contribution in [0.2, 0.25) is 0 Å². The Bertz CT molecular complexity index is 102. The first-order valence-corrected chi connectivity index (χ1v) is 2.21. The number of nitrogens with two attached hydrogens (primary N) is 1. The molecule has 0 saturated carbocycles. The predicted molar refractivity (Wildman–Crippen MR) is 25.6 cm³/mol. The van der Waals surface area contributed by atoms with Gasteiger partial charge in [0.25, 0.3) is 0 Å². The van der Waals surface area contributed by atoms with Crippen molar-refractivity contribution in [3.63, 3.8) is 0 Å². The molecule has 1 aliphatic heterocycles. The fourth-order valence-corrected chi connectivity index (χ4v) is 0.533. The smallest absolute Gasteiger partial charge is 0.236 e. The number of carbonyl (C=O) groups excluding carboxylic acids is 1. The Balaban J connectivity index is 2.33. The van der Waals surface area contributed by atoms with Crippen molar-refractivity contribution >= 4 is 5.91 Å². The van der Waals surface area contributed by atoms with Crippen LogP contribution >= 0.6 is 0 Å². The molecule has 0 aromatic carbocycles. The molecule has 1 heterocycles. The van der Waals surface area contributed by atoms with Gasteiger partial charge in [0, 0.05) is 6.54 Å². The summed E-state index contributed by atoms with van der Waals surface area (Å²) in [6.07, 6.45) is 0. The number of rotatable bonds is 1. The zero-order chi connectivity index (χ0) is 5.44. The maximum atomic E-state index is 10.2. The molecule has 1 rings (SSSR count). The summed E-state index contributed by atoms with van der Waals surface area (Å²) < 4.78 is 0. The highest BCUT2D eigenvalue weighted by Crippen LogP contribution is 2.10. The zero-order valence-electron chi connectivity index (χ0n) is 4.22. The van der Waals surface area contributed by atoms with Gasteiger partial charge in [-0.2, -0.15) is 0 Å². The second-order valence-corrected chi connectivity index (χ2v) is 1.86. The molecule has 2 N–H and O–H groups in total. The highest BCUT2D eigenvalue weighted by Gasteiger charge is 2.34. The van der Waals surface area contributed by atoms with E-state index >= 15 is 0 Å². The Hall–Kier alpha value is -0.570. The summed E-state index contributed by atoms with van der Waals surface area (Å²) in [5, 5.41) is 0. The average molecular weight is 100 g/mol. The third-order valence-electron chi connectivity index (χ3n) is 1.19. The van der Waals surface area contributed by atoms with E-state index in [4.69, 9.17) is 5.73 Å². The van der Waals surface area contributed by atoms with Gasteiger partial charge in [0.15, 0.2) is 0 Å². The first kappa shape index (κ1) is 4.59. The fourth-order valence-electron chi connectivity index (χ4n) is 0.533. The van der Waals surface area contributed by atoms with E-state index in [1.165, 1.54) is 0 Å². The molecule has 3 heteroatoms. The SMILES string of the molecule is CN1C[C@H]1C(N)=O. The van der Waals surface area contributed by atoms with Gasteiger partial charge < -0.3 is 5.73 Å². The lowest BCUT2D eigenvalue weighted by Crippen LogP contribution is -2.20. The molecular formula is C4H8N2O. The zero-order valence-corrected chi connectivity index (χ0v) is 4.22. The van der Waals surface area contributed by atoms with Gasteiger partial charge >= 0.3 is 0 Å².